The van der Waals surface area contributed by atoms with Crippen LogP contribution in [0.4, 0.5) is 0 Å². The van der Waals surface area contributed by atoms with Crippen LogP contribution in [0, 0.1) is 22.7 Å². The Morgan fingerprint density at radius 3 is 1.73 bits per heavy atom. The summed E-state index contributed by atoms with van der Waals surface area (Å²) in [4.78, 5) is 0. The minimum absolute atomic E-state index is 0.223. The zero-order valence-electron chi connectivity index (χ0n) is 10.3. The van der Waals surface area contributed by atoms with E-state index in [1.54, 1.807) is 0 Å². The van der Waals surface area contributed by atoms with Crippen molar-refractivity contribution >= 4 is 0 Å². The Morgan fingerprint density at radius 1 is 1.00 bits per heavy atom. The minimum atomic E-state index is -0.382. The largest absolute Gasteiger partial charge is 0.389 e. The first-order valence-corrected chi connectivity index (χ1v) is 6.65. The van der Waals surface area contributed by atoms with Crippen molar-refractivity contribution in [1.82, 2.24) is 0 Å². The minimum Gasteiger partial charge on any atom is -0.389 e. The monoisotopic (exact) mass is 208 g/mol. The van der Waals surface area contributed by atoms with Crippen molar-refractivity contribution in [3.8, 4) is 0 Å². The SMILES string of the molecule is CCC1(O)C2(C)CC3CC(C2)CC1(C)C3. The zero-order valence-corrected chi connectivity index (χ0v) is 10.3. The third-order valence-corrected chi connectivity index (χ3v) is 6.13. The van der Waals surface area contributed by atoms with Gasteiger partial charge in [0.2, 0.25) is 0 Å². The molecule has 0 aliphatic heterocycles. The van der Waals surface area contributed by atoms with Gasteiger partial charge >= 0.3 is 0 Å². The topological polar surface area (TPSA) is 20.2 Å². The lowest BCUT2D eigenvalue weighted by Gasteiger charge is -2.69. The molecule has 4 fully saturated rings. The predicted octanol–water partition coefficient (Wildman–Crippen LogP) is 3.36. The molecule has 4 saturated carbocycles. The van der Waals surface area contributed by atoms with E-state index in [-0.39, 0.29) is 16.4 Å². The molecule has 0 heterocycles. The first-order valence-electron chi connectivity index (χ1n) is 6.65. The maximum atomic E-state index is 11.1. The summed E-state index contributed by atoms with van der Waals surface area (Å²) in [7, 11) is 0. The molecule has 0 radical (unpaired) electrons. The van der Waals surface area contributed by atoms with Crippen LogP contribution in [0.1, 0.15) is 59.3 Å². The third-order valence-electron chi connectivity index (χ3n) is 6.13. The average Bonchev–Trinajstić information content (AvgIpc) is 2.11. The number of hydrogen-bond acceptors (Lipinski definition) is 1. The molecule has 0 saturated heterocycles. The molecule has 1 N–H and O–H groups in total. The van der Waals surface area contributed by atoms with Crippen LogP contribution in [0.25, 0.3) is 0 Å². The second-order valence-electron chi connectivity index (χ2n) is 7.12. The molecule has 4 bridgehead atoms. The molecule has 1 nitrogen and oxygen atoms in total. The van der Waals surface area contributed by atoms with Gasteiger partial charge in [-0.25, -0.2) is 0 Å². The van der Waals surface area contributed by atoms with Gasteiger partial charge in [0, 0.05) is 0 Å². The number of hydrogen-bond donors (Lipinski definition) is 1. The van der Waals surface area contributed by atoms with E-state index < -0.39 is 0 Å². The van der Waals surface area contributed by atoms with Gasteiger partial charge in [-0.05, 0) is 61.2 Å². The van der Waals surface area contributed by atoms with Gasteiger partial charge < -0.3 is 5.11 Å². The van der Waals surface area contributed by atoms with Crippen LogP contribution >= 0.6 is 0 Å². The van der Waals surface area contributed by atoms with E-state index in [4.69, 9.17) is 0 Å². The molecule has 0 spiro atoms. The fraction of sp³-hybridized carbons (Fsp3) is 1.00. The normalized spacial score (nSPS) is 62.4. The van der Waals surface area contributed by atoms with Crippen molar-refractivity contribution in [2.75, 3.05) is 0 Å². The Labute approximate surface area is 93.3 Å². The molecule has 4 rings (SSSR count). The third kappa shape index (κ3) is 0.988. The van der Waals surface area contributed by atoms with Crippen LogP contribution < -0.4 is 0 Å². The summed E-state index contributed by atoms with van der Waals surface area (Å²) in [5, 5.41) is 11.1. The Hall–Kier alpha value is -0.0400. The Kier molecular flexibility index (Phi) is 1.77. The van der Waals surface area contributed by atoms with E-state index in [1.807, 2.05) is 0 Å². The van der Waals surface area contributed by atoms with Gasteiger partial charge in [0.05, 0.1) is 5.60 Å². The van der Waals surface area contributed by atoms with Crippen LogP contribution in [-0.4, -0.2) is 10.7 Å². The molecule has 0 atom stereocenters. The lowest BCUT2D eigenvalue weighted by atomic mass is 9.38. The lowest BCUT2D eigenvalue weighted by molar-refractivity contribution is -0.265. The highest BCUT2D eigenvalue weighted by atomic mass is 16.3. The van der Waals surface area contributed by atoms with Gasteiger partial charge in [0.1, 0.15) is 0 Å². The van der Waals surface area contributed by atoms with Crippen molar-refractivity contribution in [1.29, 1.82) is 0 Å². The fourth-order valence-corrected chi connectivity index (χ4v) is 5.92. The van der Waals surface area contributed by atoms with Crippen LogP contribution in [0.2, 0.25) is 0 Å². The molecule has 0 amide bonds. The van der Waals surface area contributed by atoms with E-state index in [1.165, 1.54) is 32.1 Å². The van der Waals surface area contributed by atoms with Crippen molar-refractivity contribution in [3.63, 3.8) is 0 Å². The standard InChI is InChI=1S/C14H24O/c1-4-14(15)12(2)6-10-5-11(7-12)9-13(14,3)8-10/h10-11,15H,4-9H2,1-3H3. The van der Waals surface area contributed by atoms with Gasteiger partial charge in [-0.2, -0.15) is 0 Å². The summed E-state index contributed by atoms with van der Waals surface area (Å²) >= 11 is 0. The fourth-order valence-electron chi connectivity index (χ4n) is 5.92. The van der Waals surface area contributed by atoms with Gasteiger partial charge in [-0.1, -0.05) is 20.8 Å². The number of rotatable bonds is 1. The predicted molar refractivity (Wildman–Crippen MR) is 61.5 cm³/mol. The van der Waals surface area contributed by atoms with E-state index in [0.717, 1.165) is 18.3 Å². The first-order chi connectivity index (χ1) is 6.92. The van der Waals surface area contributed by atoms with E-state index >= 15 is 0 Å². The van der Waals surface area contributed by atoms with Crippen LogP contribution in [0.5, 0.6) is 0 Å². The van der Waals surface area contributed by atoms with E-state index in [9.17, 15) is 5.11 Å². The van der Waals surface area contributed by atoms with Gasteiger partial charge in [-0.15, -0.1) is 0 Å². The molecule has 86 valence electrons. The van der Waals surface area contributed by atoms with Crippen molar-refractivity contribution in [2.24, 2.45) is 22.7 Å². The molecule has 4 aliphatic carbocycles. The Morgan fingerprint density at radius 2 is 1.40 bits per heavy atom. The average molecular weight is 208 g/mol. The molecule has 4 aliphatic rings. The summed E-state index contributed by atoms with van der Waals surface area (Å²) in [5.74, 6) is 1.83. The second-order valence-corrected chi connectivity index (χ2v) is 7.12. The number of aliphatic hydroxyl groups is 1. The van der Waals surface area contributed by atoms with E-state index in [0.29, 0.717) is 0 Å². The molecule has 0 unspecified atom stereocenters. The van der Waals surface area contributed by atoms with Crippen molar-refractivity contribution < 1.29 is 5.11 Å². The highest BCUT2D eigenvalue weighted by Gasteiger charge is 2.67. The Balaban J connectivity index is 2.09. The maximum absolute atomic E-state index is 11.1. The lowest BCUT2D eigenvalue weighted by Crippen LogP contribution is -2.68. The van der Waals surface area contributed by atoms with Crippen molar-refractivity contribution in [2.45, 2.75) is 64.9 Å². The quantitative estimate of drug-likeness (QED) is 0.700. The molecule has 0 aromatic carbocycles. The van der Waals surface area contributed by atoms with Gasteiger partial charge in [0.15, 0.2) is 0 Å². The summed E-state index contributed by atoms with van der Waals surface area (Å²) < 4.78 is 0. The van der Waals surface area contributed by atoms with Crippen LogP contribution in [-0.2, 0) is 0 Å². The van der Waals surface area contributed by atoms with Crippen LogP contribution in [0.15, 0.2) is 0 Å². The molecule has 0 aromatic rings. The summed E-state index contributed by atoms with van der Waals surface area (Å²) in [6.07, 6.45) is 7.52. The molecule has 0 aromatic heterocycles. The molecular weight excluding hydrogens is 184 g/mol. The second kappa shape index (κ2) is 2.61. The van der Waals surface area contributed by atoms with Crippen molar-refractivity contribution in [3.05, 3.63) is 0 Å². The van der Waals surface area contributed by atoms with Gasteiger partial charge in [-0.3, -0.25) is 0 Å². The maximum Gasteiger partial charge on any atom is 0.0752 e. The summed E-state index contributed by atoms with van der Waals surface area (Å²) in [6, 6.07) is 0. The summed E-state index contributed by atoms with van der Waals surface area (Å²) in [6.45, 7) is 6.89. The Bertz CT molecular complexity index is 258. The highest BCUT2D eigenvalue weighted by molar-refractivity contribution is 5.17. The first kappa shape index (κ1) is 10.1. The molecule has 1 heteroatoms. The smallest absolute Gasteiger partial charge is 0.0752 e. The van der Waals surface area contributed by atoms with Crippen LogP contribution in [0.3, 0.4) is 0 Å². The van der Waals surface area contributed by atoms with E-state index in [2.05, 4.69) is 20.8 Å². The molecule has 15 heavy (non-hydrogen) atoms. The highest BCUT2D eigenvalue weighted by Crippen LogP contribution is 2.70. The molecular formula is C14H24O. The van der Waals surface area contributed by atoms with Gasteiger partial charge in [0.25, 0.3) is 0 Å². The summed E-state index contributed by atoms with van der Waals surface area (Å²) in [5.41, 5.74) is 0.0641. The zero-order chi connectivity index (χ0) is 10.9.